The lowest BCUT2D eigenvalue weighted by atomic mass is 9.96. The summed E-state index contributed by atoms with van der Waals surface area (Å²) in [7, 11) is 1.30. The van der Waals surface area contributed by atoms with E-state index >= 15 is 0 Å². The van der Waals surface area contributed by atoms with E-state index < -0.39 is 5.97 Å². The van der Waals surface area contributed by atoms with Crippen LogP contribution in [0.2, 0.25) is 0 Å². The number of phenols is 1. The largest absolute Gasteiger partial charge is 0.506 e. The monoisotopic (exact) mass is 256 g/mol. The summed E-state index contributed by atoms with van der Waals surface area (Å²) in [5.41, 5.74) is 2.90. The summed E-state index contributed by atoms with van der Waals surface area (Å²) in [5, 5.41) is 10.3. The Kier molecular flexibility index (Phi) is 3.85. The predicted octanol–water partition coefficient (Wildman–Crippen LogP) is 3.41. The van der Waals surface area contributed by atoms with Gasteiger partial charge in [0.1, 0.15) is 11.3 Å². The van der Waals surface area contributed by atoms with Crippen LogP contribution in [0, 0.1) is 0 Å². The van der Waals surface area contributed by atoms with Crippen LogP contribution in [0.15, 0.2) is 42.5 Å². The third-order valence-electron chi connectivity index (χ3n) is 3.13. The molecule has 0 aliphatic carbocycles. The summed E-state index contributed by atoms with van der Waals surface area (Å²) in [6, 6.07) is 12.9. The topological polar surface area (TPSA) is 46.5 Å². The standard InChI is InChI=1S/C16H16O3/c1-3-11-7-4-5-8-12(11)13-9-6-10-14(15(13)17)16(18)19-2/h4-10,17H,3H2,1-2H3. The van der Waals surface area contributed by atoms with Crippen molar-refractivity contribution in [3.8, 4) is 16.9 Å². The molecular weight excluding hydrogens is 240 g/mol. The molecule has 0 spiro atoms. The molecule has 0 atom stereocenters. The second kappa shape index (κ2) is 5.57. The lowest BCUT2D eigenvalue weighted by Gasteiger charge is -2.11. The molecule has 0 fully saturated rings. The zero-order chi connectivity index (χ0) is 13.8. The van der Waals surface area contributed by atoms with Crippen LogP contribution >= 0.6 is 0 Å². The fraction of sp³-hybridized carbons (Fsp3) is 0.188. The van der Waals surface area contributed by atoms with E-state index in [1.807, 2.05) is 24.3 Å². The van der Waals surface area contributed by atoms with E-state index in [-0.39, 0.29) is 11.3 Å². The van der Waals surface area contributed by atoms with Gasteiger partial charge in [0, 0.05) is 5.56 Å². The number of esters is 1. The Labute approximate surface area is 112 Å². The quantitative estimate of drug-likeness (QED) is 0.856. The number of hydrogen-bond donors (Lipinski definition) is 1. The second-order valence-electron chi connectivity index (χ2n) is 4.20. The molecule has 0 heterocycles. The minimum atomic E-state index is -0.534. The zero-order valence-electron chi connectivity index (χ0n) is 11.0. The third kappa shape index (κ3) is 2.45. The first-order valence-corrected chi connectivity index (χ1v) is 6.17. The Bertz CT molecular complexity index is 603. The van der Waals surface area contributed by atoms with E-state index in [9.17, 15) is 9.90 Å². The molecule has 2 rings (SSSR count). The Hall–Kier alpha value is -2.29. The van der Waals surface area contributed by atoms with Crippen molar-refractivity contribution in [2.45, 2.75) is 13.3 Å². The number of carbonyl (C=O) groups is 1. The van der Waals surface area contributed by atoms with Crippen LogP contribution in [0.25, 0.3) is 11.1 Å². The molecule has 19 heavy (non-hydrogen) atoms. The van der Waals surface area contributed by atoms with Crippen LogP contribution in [0.1, 0.15) is 22.8 Å². The van der Waals surface area contributed by atoms with Gasteiger partial charge in [-0.25, -0.2) is 4.79 Å². The van der Waals surface area contributed by atoms with E-state index in [1.165, 1.54) is 7.11 Å². The van der Waals surface area contributed by atoms with Gasteiger partial charge in [-0.15, -0.1) is 0 Å². The van der Waals surface area contributed by atoms with Gasteiger partial charge >= 0.3 is 5.97 Å². The van der Waals surface area contributed by atoms with E-state index in [0.717, 1.165) is 17.5 Å². The van der Waals surface area contributed by atoms with Gasteiger partial charge in [-0.3, -0.25) is 0 Å². The number of aryl methyl sites for hydroxylation is 1. The molecule has 3 heteroatoms. The maximum atomic E-state index is 11.6. The van der Waals surface area contributed by atoms with Crippen molar-refractivity contribution >= 4 is 5.97 Å². The fourth-order valence-electron chi connectivity index (χ4n) is 2.13. The number of aromatic hydroxyl groups is 1. The summed E-state index contributed by atoms with van der Waals surface area (Å²) in [5.74, 6) is -0.566. The molecule has 0 saturated heterocycles. The minimum Gasteiger partial charge on any atom is -0.506 e. The van der Waals surface area contributed by atoms with Gasteiger partial charge in [0.25, 0.3) is 0 Å². The predicted molar refractivity (Wildman–Crippen MR) is 74.3 cm³/mol. The summed E-state index contributed by atoms with van der Waals surface area (Å²) < 4.78 is 4.67. The van der Waals surface area contributed by atoms with E-state index in [4.69, 9.17) is 0 Å². The van der Waals surface area contributed by atoms with Gasteiger partial charge in [-0.05, 0) is 23.6 Å². The Morgan fingerprint density at radius 2 is 1.79 bits per heavy atom. The minimum absolute atomic E-state index is 0.0322. The van der Waals surface area contributed by atoms with E-state index in [2.05, 4.69) is 11.7 Å². The molecule has 0 aromatic heterocycles. The molecule has 2 aromatic carbocycles. The average molecular weight is 256 g/mol. The summed E-state index contributed by atoms with van der Waals surface area (Å²) in [6.07, 6.45) is 0.859. The normalized spacial score (nSPS) is 10.2. The summed E-state index contributed by atoms with van der Waals surface area (Å²) in [6.45, 7) is 2.06. The van der Waals surface area contributed by atoms with Crippen LogP contribution < -0.4 is 0 Å². The van der Waals surface area contributed by atoms with Gasteiger partial charge in [0.2, 0.25) is 0 Å². The van der Waals surface area contributed by atoms with Crippen LogP contribution in [0.5, 0.6) is 5.75 Å². The first kappa shape index (κ1) is 13.1. The molecule has 0 bridgehead atoms. The maximum Gasteiger partial charge on any atom is 0.341 e. The van der Waals surface area contributed by atoms with Crippen molar-refractivity contribution in [1.29, 1.82) is 0 Å². The van der Waals surface area contributed by atoms with Gasteiger partial charge < -0.3 is 9.84 Å². The van der Waals surface area contributed by atoms with E-state index in [0.29, 0.717) is 5.56 Å². The molecule has 0 amide bonds. The Morgan fingerprint density at radius 1 is 1.11 bits per heavy atom. The Morgan fingerprint density at radius 3 is 2.47 bits per heavy atom. The molecule has 2 aromatic rings. The molecule has 98 valence electrons. The molecule has 0 saturated carbocycles. The van der Waals surface area contributed by atoms with Crippen molar-refractivity contribution in [2.24, 2.45) is 0 Å². The lowest BCUT2D eigenvalue weighted by Crippen LogP contribution is -2.02. The highest BCUT2D eigenvalue weighted by Crippen LogP contribution is 2.34. The van der Waals surface area contributed by atoms with Crippen molar-refractivity contribution in [3.63, 3.8) is 0 Å². The highest BCUT2D eigenvalue weighted by Gasteiger charge is 2.16. The van der Waals surface area contributed by atoms with Gasteiger partial charge in [-0.2, -0.15) is 0 Å². The number of hydrogen-bond acceptors (Lipinski definition) is 3. The van der Waals surface area contributed by atoms with Gasteiger partial charge in [0.15, 0.2) is 0 Å². The first-order chi connectivity index (χ1) is 9.19. The number of methoxy groups -OCH3 is 1. The summed E-state index contributed by atoms with van der Waals surface area (Å²) >= 11 is 0. The van der Waals surface area contributed by atoms with Crippen molar-refractivity contribution in [1.82, 2.24) is 0 Å². The number of phenolic OH excluding ortho intramolecular Hbond substituents is 1. The molecule has 0 aliphatic rings. The highest BCUT2D eigenvalue weighted by molar-refractivity contribution is 5.95. The van der Waals surface area contributed by atoms with Crippen LogP contribution in [-0.4, -0.2) is 18.2 Å². The third-order valence-corrected chi connectivity index (χ3v) is 3.13. The molecule has 0 unspecified atom stereocenters. The first-order valence-electron chi connectivity index (χ1n) is 6.17. The molecule has 1 N–H and O–H groups in total. The van der Waals surface area contributed by atoms with Gasteiger partial charge in [0.05, 0.1) is 7.11 Å². The zero-order valence-corrected chi connectivity index (χ0v) is 11.0. The van der Waals surface area contributed by atoms with Crippen molar-refractivity contribution < 1.29 is 14.6 Å². The average Bonchev–Trinajstić information content (AvgIpc) is 2.46. The number of ether oxygens (including phenoxy) is 1. The lowest BCUT2D eigenvalue weighted by molar-refractivity contribution is 0.0597. The number of rotatable bonds is 3. The smallest absolute Gasteiger partial charge is 0.341 e. The van der Waals surface area contributed by atoms with Crippen molar-refractivity contribution in [3.05, 3.63) is 53.6 Å². The van der Waals surface area contributed by atoms with Crippen molar-refractivity contribution in [2.75, 3.05) is 7.11 Å². The fourth-order valence-corrected chi connectivity index (χ4v) is 2.13. The SMILES string of the molecule is CCc1ccccc1-c1cccc(C(=O)OC)c1O. The van der Waals surface area contributed by atoms with Crippen LogP contribution in [0.4, 0.5) is 0 Å². The van der Waals surface area contributed by atoms with E-state index in [1.54, 1.807) is 18.2 Å². The second-order valence-corrected chi connectivity index (χ2v) is 4.20. The van der Waals surface area contributed by atoms with Gasteiger partial charge in [-0.1, -0.05) is 43.3 Å². The van der Waals surface area contributed by atoms with Crippen LogP contribution in [0.3, 0.4) is 0 Å². The highest BCUT2D eigenvalue weighted by atomic mass is 16.5. The number of para-hydroxylation sites is 1. The molecule has 0 radical (unpaired) electrons. The van der Waals surface area contributed by atoms with Crippen LogP contribution in [-0.2, 0) is 11.2 Å². The Balaban J connectivity index is 2.60. The number of carbonyl (C=O) groups excluding carboxylic acids is 1. The number of benzene rings is 2. The molecular formula is C16H16O3. The maximum absolute atomic E-state index is 11.6. The molecule has 0 aliphatic heterocycles. The summed E-state index contributed by atoms with van der Waals surface area (Å²) in [4.78, 5) is 11.6. The molecule has 3 nitrogen and oxygen atoms in total.